The molecule has 108 valence electrons. The first kappa shape index (κ1) is 14.7. The Morgan fingerprint density at radius 3 is 2.85 bits per heavy atom. The van der Waals surface area contributed by atoms with Crippen molar-refractivity contribution in [2.75, 3.05) is 20.3 Å². The fraction of sp³-hybridized carbons (Fsp3) is 0.467. The minimum Gasteiger partial charge on any atom is -0.383 e. The van der Waals surface area contributed by atoms with Gasteiger partial charge in [0.25, 0.3) is 0 Å². The third-order valence-electron chi connectivity index (χ3n) is 3.35. The smallest absolute Gasteiger partial charge is 0.0834 e. The van der Waals surface area contributed by atoms with Crippen molar-refractivity contribution in [2.24, 2.45) is 0 Å². The molecule has 2 heterocycles. The molecule has 0 atom stereocenters. The molecule has 0 fully saturated rings. The zero-order valence-corrected chi connectivity index (χ0v) is 12.4. The first-order valence-corrected chi connectivity index (χ1v) is 6.85. The molecular weight excluding hydrogens is 252 g/mol. The summed E-state index contributed by atoms with van der Waals surface area (Å²) in [6.45, 7) is 7.27. The summed E-state index contributed by atoms with van der Waals surface area (Å²) in [6, 6.07) is 5.95. The third-order valence-corrected chi connectivity index (χ3v) is 3.35. The van der Waals surface area contributed by atoms with Gasteiger partial charge >= 0.3 is 0 Å². The molecule has 0 radical (unpaired) electrons. The third kappa shape index (κ3) is 3.65. The van der Waals surface area contributed by atoms with Gasteiger partial charge in [0, 0.05) is 37.7 Å². The van der Waals surface area contributed by atoms with Gasteiger partial charge in [-0.15, -0.1) is 0 Å². The quantitative estimate of drug-likeness (QED) is 0.781. The second-order valence-electron chi connectivity index (χ2n) is 4.80. The molecule has 20 heavy (non-hydrogen) atoms. The van der Waals surface area contributed by atoms with E-state index in [-0.39, 0.29) is 0 Å². The maximum atomic E-state index is 5.03. The Morgan fingerprint density at radius 2 is 2.15 bits per heavy atom. The molecule has 0 aliphatic rings. The summed E-state index contributed by atoms with van der Waals surface area (Å²) >= 11 is 0. The highest BCUT2D eigenvalue weighted by Gasteiger charge is 2.11. The van der Waals surface area contributed by atoms with Gasteiger partial charge in [0.2, 0.25) is 0 Å². The van der Waals surface area contributed by atoms with E-state index in [1.54, 1.807) is 7.11 Å². The van der Waals surface area contributed by atoms with Gasteiger partial charge in [-0.1, -0.05) is 6.07 Å². The van der Waals surface area contributed by atoms with Gasteiger partial charge in [-0.05, 0) is 26.0 Å². The van der Waals surface area contributed by atoms with E-state index in [1.807, 2.05) is 29.1 Å². The van der Waals surface area contributed by atoms with Gasteiger partial charge in [0.05, 0.1) is 24.5 Å². The SMILES string of the molecule is COCCNCc1c(C)nn(Cc2ccccn2)c1C. The van der Waals surface area contributed by atoms with Gasteiger partial charge in [-0.3, -0.25) is 9.67 Å². The van der Waals surface area contributed by atoms with Crippen molar-refractivity contribution in [3.8, 4) is 0 Å². The molecule has 0 unspecified atom stereocenters. The summed E-state index contributed by atoms with van der Waals surface area (Å²) in [6.07, 6.45) is 1.81. The average molecular weight is 274 g/mol. The van der Waals surface area contributed by atoms with Gasteiger partial charge in [0.15, 0.2) is 0 Å². The standard InChI is InChI=1S/C15H22N4O/c1-12-15(10-16-8-9-20-3)13(2)19(18-12)11-14-6-4-5-7-17-14/h4-7,16H,8-11H2,1-3H3. The summed E-state index contributed by atoms with van der Waals surface area (Å²) in [5.41, 5.74) is 4.55. The Balaban J connectivity index is 2.04. The van der Waals surface area contributed by atoms with Crippen LogP contribution in [0.5, 0.6) is 0 Å². The Hall–Kier alpha value is -1.72. The largest absolute Gasteiger partial charge is 0.383 e. The molecule has 0 saturated carbocycles. The lowest BCUT2D eigenvalue weighted by molar-refractivity contribution is 0.199. The lowest BCUT2D eigenvalue weighted by atomic mass is 10.2. The fourth-order valence-corrected chi connectivity index (χ4v) is 2.18. The zero-order chi connectivity index (χ0) is 14.4. The number of ether oxygens (including phenoxy) is 1. The highest BCUT2D eigenvalue weighted by Crippen LogP contribution is 2.13. The lowest BCUT2D eigenvalue weighted by Crippen LogP contribution is -2.19. The number of pyridine rings is 1. The van der Waals surface area contributed by atoms with Crippen LogP contribution in [0.3, 0.4) is 0 Å². The molecule has 1 N–H and O–H groups in total. The number of aryl methyl sites for hydroxylation is 1. The lowest BCUT2D eigenvalue weighted by Gasteiger charge is -2.06. The number of hydrogen-bond acceptors (Lipinski definition) is 4. The minimum atomic E-state index is 0.714. The van der Waals surface area contributed by atoms with Crippen LogP contribution in [0.25, 0.3) is 0 Å². The predicted molar refractivity (Wildman–Crippen MR) is 78.6 cm³/mol. The van der Waals surface area contributed by atoms with Crippen molar-refractivity contribution in [2.45, 2.75) is 26.9 Å². The number of nitrogens with zero attached hydrogens (tertiary/aromatic N) is 3. The molecule has 0 aliphatic heterocycles. The number of nitrogens with one attached hydrogen (secondary N) is 1. The molecule has 5 heteroatoms. The van der Waals surface area contributed by atoms with E-state index in [0.29, 0.717) is 6.54 Å². The van der Waals surface area contributed by atoms with E-state index in [1.165, 1.54) is 11.3 Å². The molecule has 2 aromatic rings. The molecule has 5 nitrogen and oxygen atoms in total. The fourth-order valence-electron chi connectivity index (χ4n) is 2.18. The highest BCUT2D eigenvalue weighted by molar-refractivity contribution is 5.25. The normalized spacial score (nSPS) is 10.9. The van der Waals surface area contributed by atoms with E-state index in [2.05, 4.69) is 29.2 Å². The molecule has 0 bridgehead atoms. The maximum absolute atomic E-state index is 5.03. The van der Waals surface area contributed by atoms with Crippen LogP contribution < -0.4 is 5.32 Å². The number of hydrogen-bond donors (Lipinski definition) is 1. The molecule has 2 aromatic heterocycles. The summed E-state index contributed by atoms with van der Waals surface area (Å²) in [4.78, 5) is 4.35. The van der Waals surface area contributed by atoms with Gasteiger partial charge in [-0.25, -0.2) is 0 Å². The van der Waals surface area contributed by atoms with E-state index >= 15 is 0 Å². The van der Waals surface area contributed by atoms with Crippen LogP contribution in [-0.2, 0) is 17.8 Å². The monoisotopic (exact) mass is 274 g/mol. The molecule has 0 spiro atoms. The first-order valence-electron chi connectivity index (χ1n) is 6.85. The second-order valence-corrected chi connectivity index (χ2v) is 4.80. The van der Waals surface area contributed by atoms with Gasteiger partial charge < -0.3 is 10.1 Å². The van der Waals surface area contributed by atoms with Gasteiger partial charge in [0.1, 0.15) is 0 Å². The highest BCUT2D eigenvalue weighted by atomic mass is 16.5. The number of aromatic nitrogens is 3. The number of methoxy groups -OCH3 is 1. The topological polar surface area (TPSA) is 52.0 Å². The molecule has 0 amide bonds. The van der Waals surface area contributed by atoms with Crippen LogP contribution in [0.1, 0.15) is 22.6 Å². The molecule has 0 aromatic carbocycles. The zero-order valence-electron chi connectivity index (χ0n) is 12.4. The summed E-state index contributed by atoms with van der Waals surface area (Å²) < 4.78 is 7.05. The van der Waals surface area contributed by atoms with Crippen molar-refractivity contribution >= 4 is 0 Å². The van der Waals surface area contributed by atoms with Crippen LogP contribution in [0.2, 0.25) is 0 Å². The Bertz CT molecular complexity index is 536. The van der Waals surface area contributed by atoms with E-state index in [4.69, 9.17) is 4.74 Å². The molecular formula is C15H22N4O. The van der Waals surface area contributed by atoms with E-state index < -0.39 is 0 Å². The van der Waals surface area contributed by atoms with Crippen molar-refractivity contribution in [3.05, 3.63) is 47.0 Å². The Kier molecular flexibility index (Phi) is 5.26. The van der Waals surface area contributed by atoms with Crippen molar-refractivity contribution < 1.29 is 4.74 Å². The van der Waals surface area contributed by atoms with Crippen molar-refractivity contribution in [1.82, 2.24) is 20.1 Å². The summed E-state index contributed by atoms with van der Waals surface area (Å²) in [5.74, 6) is 0. The van der Waals surface area contributed by atoms with Crippen LogP contribution in [0.15, 0.2) is 24.4 Å². The van der Waals surface area contributed by atoms with Crippen molar-refractivity contribution in [3.63, 3.8) is 0 Å². The Labute approximate surface area is 120 Å². The van der Waals surface area contributed by atoms with E-state index in [9.17, 15) is 0 Å². The molecule has 2 rings (SSSR count). The average Bonchev–Trinajstić information content (AvgIpc) is 2.72. The van der Waals surface area contributed by atoms with Crippen LogP contribution >= 0.6 is 0 Å². The number of rotatable bonds is 7. The van der Waals surface area contributed by atoms with Crippen LogP contribution in [-0.4, -0.2) is 35.0 Å². The Morgan fingerprint density at radius 1 is 1.30 bits per heavy atom. The van der Waals surface area contributed by atoms with Crippen molar-refractivity contribution in [1.29, 1.82) is 0 Å². The van der Waals surface area contributed by atoms with Gasteiger partial charge in [-0.2, -0.15) is 5.10 Å². The van der Waals surface area contributed by atoms with E-state index in [0.717, 1.165) is 31.1 Å². The summed E-state index contributed by atoms with van der Waals surface area (Å²) in [5, 5.41) is 7.98. The van der Waals surface area contributed by atoms with Crippen LogP contribution in [0.4, 0.5) is 0 Å². The first-order chi connectivity index (χ1) is 9.72. The molecule has 0 aliphatic carbocycles. The maximum Gasteiger partial charge on any atom is 0.0834 e. The second kappa shape index (κ2) is 7.17. The summed E-state index contributed by atoms with van der Waals surface area (Å²) in [7, 11) is 1.71. The van der Waals surface area contributed by atoms with Crippen LogP contribution in [0, 0.1) is 13.8 Å². The minimum absolute atomic E-state index is 0.714. The predicted octanol–water partition coefficient (Wildman–Crippen LogP) is 1.68. The molecule has 0 saturated heterocycles.